The third kappa shape index (κ3) is 12.6. The fraction of sp³-hybridized carbons (Fsp3) is 0.804. The van der Waals surface area contributed by atoms with Crippen LogP contribution in [0.15, 0.2) is 30.3 Å². The SMILES string of the molecule is CC[C@H]1OC(=O)C(C)[C@H](OC2C[C@@](C)(OC)C(=O)[C@H](C)O2)[C@H](C)[C@@H](O[C@@H]2O[C@H](C)C[C@H](N(C)C)[C@H]2CC(=O)OCc2ccccc2)[C@@](C)(O)C[C@@H](C)NC[C@H](C)[C@@H](O)[C@]1(C)O. The van der Waals surface area contributed by atoms with E-state index in [0.717, 1.165) is 5.56 Å². The molecule has 2 unspecified atom stereocenters. The number of ether oxygens (including phenoxy) is 7. The van der Waals surface area contributed by atoms with E-state index in [2.05, 4.69) is 5.32 Å². The van der Waals surface area contributed by atoms with E-state index < -0.39 is 95.5 Å². The molecular weight excluding hydrogens is 789 g/mol. The lowest BCUT2D eigenvalue weighted by Gasteiger charge is -2.49. The fourth-order valence-corrected chi connectivity index (χ4v) is 9.58. The molecule has 3 saturated heterocycles. The number of aliphatic hydroxyl groups is 3. The van der Waals surface area contributed by atoms with Gasteiger partial charge in [-0.15, -0.1) is 0 Å². The van der Waals surface area contributed by atoms with E-state index in [4.69, 9.17) is 33.2 Å². The van der Waals surface area contributed by atoms with Crippen LogP contribution in [0.25, 0.3) is 0 Å². The van der Waals surface area contributed by atoms with Crippen molar-refractivity contribution in [1.29, 1.82) is 0 Å². The average molecular weight is 865 g/mol. The number of hydrogen-bond donors (Lipinski definition) is 4. The summed E-state index contributed by atoms with van der Waals surface area (Å²) >= 11 is 0. The number of benzene rings is 1. The van der Waals surface area contributed by atoms with Crippen molar-refractivity contribution in [3.05, 3.63) is 35.9 Å². The molecule has 15 heteroatoms. The van der Waals surface area contributed by atoms with Gasteiger partial charge in [-0.3, -0.25) is 14.4 Å². The number of carbonyl (C=O) groups excluding carboxylic acids is 3. The number of cyclic esters (lactones) is 1. The number of hydrogen-bond acceptors (Lipinski definition) is 15. The molecule has 61 heavy (non-hydrogen) atoms. The van der Waals surface area contributed by atoms with Gasteiger partial charge in [-0.05, 0) is 93.3 Å². The molecule has 17 atom stereocenters. The molecule has 3 aliphatic rings. The third-order valence-electron chi connectivity index (χ3n) is 13.3. The van der Waals surface area contributed by atoms with Gasteiger partial charge in [0.15, 0.2) is 18.4 Å². The molecule has 1 aromatic carbocycles. The Morgan fingerprint density at radius 3 is 2.23 bits per heavy atom. The van der Waals surface area contributed by atoms with Gasteiger partial charge in [0.2, 0.25) is 0 Å². The van der Waals surface area contributed by atoms with Crippen LogP contribution >= 0.6 is 0 Å². The topological polar surface area (TPSA) is 192 Å². The second kappa shape index (κ2) is 21.4. The van der Waals surface area contributed by atoms with Gasteiger partial charge in [0.25, 0.3) is 0 Å². The van der Waals surface area contributed by atoms with Crippen molar-refractivity contribution in [2.75, 3.05) is 27.7 Å². The van der Waals surface area contributed by atoms with Crippen LogP contribution in [0.1, 0.15) is 107 Å². The molecule has 0 aromatic heterocycles. The summed E-state index contributed by atoms with van der Waals surface area (Å²) in [7, 11) is 5.33. The van der Waals surface area contributed by atoms with E-state index in [1.54, 1.807) is 41.5 Å². The highest BCUT2D eigenvalue weighted by atomic mass is 16.7. The number of Topliss-reactive ketones (excluding diaryl/α,β-unsaturated/α-hetero) is 1. The molecule has 4 N–H and O–H groups in total. The summed E-state index contributed by atoms with van der Waals surface area (Å²) in [5.74, 6) is -4.28. The Labute approximate surface area is 363 Å². The molecule has 3 fully saturated rings. The van der Waals surface area contributed by atoms with Crippen molar-refractivity contribution in [2.24, 2.45) is 23.7 Å². The largest absolute Gasteiger partial charge is 0.461 e. The zero-order chi connectivity index (χ0) is 45.6. The average Bonchev–Trinajstić information content (AvgIpc) is 3.20. The number of methoxy groups -OCH3 is 1. The zero-order valence-electron chi connectivity index (χ0n) is 38.8. The number of nitrogens with zero attached hydrogens (tertiary/aromatic N) is 1. The minimum atomic E-state index is -1.81. The first-order valence-corrected chi connectivity index (χ1v) is 22.1. The molecular formula is C46H76N2O13. The zero-order valence-corrected chi connectivity index (χ0v) is 38.8. The van der Waals surface area contributed by atoms with Crippen molar-refractivity contribution in [3.63, 3.8) is 0 Å². The first-order valence-electron chi connectivity index (χ1n) is 22.1. The number of aliphatic hydroxyl groups excluding tert-OH is 1. The molecule has 0 aliphatic carbocycles. The van der Waals surface area contributed by atoms with Gasteiger partial charge in [-0.2, -0.15) is 0 Å². The molecule has 348 valence electrons. The minimum absolute atomic E-state index is 0.0117. The van der Waals surface area contributed by atoms with Crippen molar-refractivity contribution >= 4 is 17.7 Å². The van der Waals surface area contributed by atoms with Crippen molar-refractivity contribution < 1.29 is 62.9 Å². The Balaban J connectivity index is 1.81. The summed E-state index contributed by atoms with van der Waals surface area (Å²) < 4.78 is 44.0. The van der Waals surface area contributed by atoms with Crippen LogP contribution in [-0.4, -0.2) is 144 Å². The first kappa shape index (κ1) is 51.1. The van der Waals surface area contributed by atoms with E-state index in [-0.39, 0.29) is 62.8 Å². The van der Waals surface area contributed by atoms with Crippen LogP contribution in [0.3, 0.4) is 0 Å². The first-order chi connectivity index (χ1) is 28.4. The van der Waals surface area contributed by atoms with Gasteiger partial charge in [0.1, 0.15) is 30.0 Å². The van der Waals surface area contributed by atoms with E-state index in [9.17, 15) is 29.7 Å². The van der Waals surface area contributed by atoms with Crippen molar-refractivity contribution in [1.82, 2.24) is 10.2 Å². The Morgan fingerprint density at radius 1 is 0.967 bits per heavy atom. The van der Waals surface area contributed by atoms with Crippen LogP contribution in [0.4, 0.5) is 0 Å². The predicted octanol–water partition coefficient (Wildman–Crippen LogP) is 4.16. The molecule has 4 rings (SSSR count). The second-order valence-corrected chi connectivity index (χ2v) is 19.0. The van der Waals surface area contributed by atoms with Gasteiger partial charge in [0, 0.05) is 44.0 Å². The van der Waals surface area contributed by atoms with Crippen LogP contribution in [0.5, 0.6) is 0 Å². The van der Waals surface area contributed by atoms with Crippen molar-refractivity contribution in [3.8, 4) is 0 Å². The smallest absolute Gasteiger partial charge is 0.311 e. The molecule has 0 saturated carbocycles. The van der Waals surface area contributed by atoms with E-state index in [1.807, 2.05) is 70.1 Å². The number of esters is 2. The second-order valence-electron chi connectivity index (χ2n) is 19.0. The maximum absolute atomic E-state index is 14.4. The van der Waals surface area contributed by atoms with Gasteiger partial charge < -0.3 is 58.7 Å². The Bertz CT molecular complexity index is 1580. The van der Waals surface area contributed by atoms with Gasteiger partial charge in [-0.1, -0.05) is 51.1 Å². The van der Waals surface area contributed by atoms with E-state index >= 15 is 0 Å². The third-order valence-corrected chi connectivity index (χ3v) is 13.3. The fourth-order valence-electron chi connectivity index (χ4n) is 9.58. The lowest BCUT2D eigenvalue weighted by atomic mass is 9.78. The summed E-state index contributed by atoms with van der Waals surface area (Å²) in [6.45, 7) is 17.7. The minimum Gasteiger partial charge on any atom is -0.461 e. The Hall–Kier alpha value is -2.57. The summed E-state index contributed by atoms with van der Waals surface area (Å²) in [5.41, 5.74) is -3.84. The molecule has 1 aromatic rings. The maximum atomic E-state index is 14.4. The summed E-state index contributed by atoms with van der Waals surface area (Å²) in [6.07, 6.45) is -6.85. The Kier molecular flexibility index (Phi) is 17.9. The molecule has 3 heterocycles. The van der Waals surface area contributed by atoms with E-state index in [1.165, 1.54) is 14.0 Å². The monoisotopic (exact) mass is 865 g/mol. The molecule has 15 nitrogen and oxygen atoms in total. The number of ketones is 1. The number of carbonyl (C=O) groups is 3. The number of rotatable bonds is 11. The lowest BCUT2D eigenvalue weighted by Crippen LogP contribution is -2.59. The maximum Gasteiger partial charge on any atom is 0.311 e. The molecule has 3 aliphatic heterocycles. The molecule has 0 bridgehead atoms. The quantitative estimate of drug-likeness (QED) is 0.232. The predicted molar refractivity (Wildman–Crippen MR) is 227 cm³/mol. The van der Waals surface area contributed by atoms with Crippen LogP contribution < -0.4 is 5.32 Å². The highest BCUT2D eigenvalue weighted by Crippen LogP contribution is 2.40. The van der Waals surface area contributed by atoms with Gasteiger partial charge >= 0.3 is 11.9 Å². The van der Waals surface area contributed by atoms with Gasteiger partial charge in [0.05, 0.1) is 42.4 Å². The number of nitrogens with one attached hydrogen (secondary N) is 1. The Morgan fingerprint density at radius 2 is 1.62 bits per heavy atom. The summed E-state index contributed by atoms with van der Waals surface area (Å²) in [4.78, 5) is 43.2. The lowest BCUT2D eigenvalue weighted by molar-refractivity contribution is -0.299. The van der Waals surface area contributed by atoms with Crippen LogP contribution in [-0.2, 0) is 54.1 Å². The van der Waals surface area contributed by atoms with E-state index in [0.29, 0.717) is 6.42 Å². The normalized spacial score (nSPS) is 42.3. The van der Waals surface area contributed by atoms with Gasteiger partial charge in [-0.25, -0.2) is 0 Å². The standard InChI is InChI=1S/C46H76N2O13/c1-14-35-46(10,54)39(50)26(2)24-47-27(3)22-44(8,53)41(29(5)38(30(6)42(52)59-35)60-37-23-45(9,55-13)40(51)31(7)58-37)61-43-33(34(48(11)12)20-28(4)57-43)21-36(49)56-25-32-18-16-15-17-19-32/h15-19,26-31,33-35,37-39,41,43,47,50,53-54H,14,20-25H2,1-13H3/t26-,27+,28+,29-,30?,31-,33+,34-,35+,37?,38+,39+,41+,43-,44-,45+,46+/m0/s1. The highest BCUT2D eigenvalue weighted by Gasteiger charge is 2.52. The van der Waals surface area contributed by atoms with Crippen LogP contribution in [0, 0.1) is 23.7 Å². The summed E-state index contributed by atoms with van der Waals surface area (Å²) in [5, 5.41) is 39.4. The highest BCUT2D eigenvalue weighted by molar-refractivity contribution is 5.91. The summed E-state index contributed by atoms with van der Waals surface area (Å²) in [6, 6.07) is 8.92. The van der Waals surface area contributed by atoms with Crippen LogP contribution in [0.2, 0.25) is 0 Å². The molecule has 0 spiro atoms. The van der Waals surface area contributed by atoms with Crippen molar-refractivity contribution in [2.45, 2.75) is 186 Å². The molecule has 0 radical (unpaired) electrons. The molecule has 0 amide bonds.